The molecule has 0 saturated heterocycles. The van der Waals surface area contributed by atoms with E-state index in [1.807, 2.05) is 11.3 Å². The van der Waals surface area contributed by atoms with Crippen LogP contribution in [0.15, 0.2) is 40.2 Å². The van der Waals surface area contributed by atoms with E-state index < -0.39 is 0 Å². The molecule has 0 aliphatic rings. The fourth-order valence-electron chi connectivity index (χ4n) is 2.30. The summed E-state index contributed by atoms with van der Waals surface area (Å²) >= 11 is 5.49. The van der Waals surface area contributed by atoms with Crippen molar-refractivity contribution in [2.24, 2.45) is 0 Å². The van der Waals surface area contributed by atoms with E-state index in [4.69, 9.17) is 0 Å². The Morgan fingerprint density at radius 1 is 1.25 bits per heavy atom. The molecule has 0 bridgehead atoms. The Hall–Kier alpha value is -0.640. The van der Waals surface area contributed by atoms with Crippen LogP contribution in [0, 0.1) is 6.92 Å². The first kappa shape index (κ1) is 15.7. The van der Waals surface area contributed by atoms with Crippen molar-refractivity contribution in [1.82, 2.24) is 5.32 Å². The van der Waals surface area contributed by atoms with Gasteiger partial charge in [-0.15, -0.1) is 11.3 Å². The van der Waals surface area contributed by atoms with Gasteiger partial charge in [0.15, 0.2) is 0 Å². The lowest BCUT2D eigenvalue weighted by atomic mass is 9.93. The second-order valence-electron chi connectivity index (χ2n) is 5.57. The Bertz CT molecular complexity index is 547. The molecule has 1 aromatic heterocycles. The first-order valence-corrected chi connectivity index (χ1v) is 8.75. The minimum atomic E-state index is 0.521. The normalized spacial score (nSPS) is 12.8. The first-order valence-electron chi connectivity index (χ1n) is 7.08. The van der Waals surface area contributed by atoms with E-state index in [2.05, 4.69) is 77.7 Å². The average molecular weight is 352 g/mol. The predicted octanol–water partition coefficient (Wildman–Crippen LogP) is 5.14. The Morgan fingerprint density at radius 3 is 2.65 bits per heavy atom. The fraction of sp³-hybridized carbons (Fsp3) is 0.412. The number of benzene rings is 1. The van der Waals surface area contributed by atoms with Gasteiger partial charge in [-0.25, -0.2) is 0 Å². The minimum absolute atomic E-state index is 0.521. The second-order valence-corrected chi connectivity index (χ2v) is 7.42. The quantitative estimate of drug-likeness (QED) is 0.759. The van der Waals surface area contributed by atoms with Gasteiger partial charge in [0.25, 0.3) is 0 Å². The molecule has 108 valence electrons. The third-order valence-corrected chi connectivity index (χ3v) is 5.36. The average Bonchev–Trinajstić information content (AvgIpc) is 2.79. The summed E-state index contributed by atoms with van der Waals surface area (Å²) in [5.41, 5.74) is 2.76. The molecule has 1 aromatic carbocycles. The van der Waals surface area contributed by atoms with Gasteiger partial charge in [-0.3, -0.25) is 0 Å². The first-order chi connectivity index (χ1) is 9.56. The van der Waals surface area contributed by atoms with Gasteiger partial charge in [0.1, 0.15) is 0 Å². The molecule has 2 aromatic rings. The van der Waals surface area contributed by atoms with Crippen LogP contribution >= 0.6 is 27.3 Å². The largest absolute Gasteiger partial charge is 0.314 e. The molecule has 0 saturated carbocycles. The molecule has 2 rings (SSSR count). The van der Waals surface area contributed by atoms with E-state index in [-0.39, 0.29) is 0 Å². The summed E-state index contributed by atoms with van der Waals surface area (Å²) in [6.45, 7) is 7.59. The fourth-order valence-corrected chi connectivity index (χ4v) is 3.90. The Kier molecular flexibility index (Phi) is 5.82. The molecule has 1 heterocycles. The van der Waals surface area contributed by atoms with E-state index in [1.54, 1.807) is 0 Å². The third-order valence-electron chi connectivity index (χ3n) is 3.41. The Morgan fingerprint density at radius 2 is 2.05 bits per heavy atom. The molecule has 0 radical (unpaired) electrons. The Balaban J connectivity index is 2.18. The second kappa shape index (κ2) is 7.39. The van der Waals surface area contributed by atoms with Crippen molar-refractivity contribution in [3.63, 3.8) is 0 Å². The van der Waals surface area contributed by atoms with E-state index in [9.17, 15) is 0 Å². The molecule has 0 aliphatic carbocycles. The van der Waals surface area contributed by atoms with Crippen molar-refractivity contribution in [3.05, 3.63) is 56.2 Å². The highest BCUT2D eigenvalue weighted by Gasteiger charge is 2.15. The molecule has 1 unspecified atom stereocenters. The number of halogens is 1. The van der Waals surface area contributed by atoms with Gasteiger partial charge < -0.3 is 5.32 Å². The predicted molar refractivity (Wildman–Crippen MR) is 92.8 cm³/mol. The zero-order valence-electron chi connectivity index (χ0n) is 12.3. The molecular formula is C17H22BrNS. The molecule has 1 N–H and O–H groups in total. The van der Waals surface area contributed by atoms with Crippen molar-refractivity contribution in [2.75, 3.05) is 6.54 Å². The van der Waals surface area contributed by atoms with Crippen molar-refractivity contribution >= 4 is 27.3 Å². The highest BCUT2D eigenvalue weighted by Crippen LogP contribution is 2.29. The van der Waals surface area contributed by atoms with Crippen LogP contribution in [-0.4, -0.2) is 12.6 Å². The number of hydrogen-bond donors (Lipinski definition) is 1. The zero-order valence-corrected chi connectivity index (χ0v) is 14.7. The van der Waals surface area contributed by atoms with Crippen molar-refractivity contribution < 1.29 is 0 Å². The summed E-state index contributed by atoms with van der Waals surface area (Å²) in [6, 6.07) is 11.6. The summed E-state index contributed by atoms with van der Waals surface area (Å²) in [6.07, 6.45) is 1.08. The van der Waals surface area contributed by atoms with Crippen LogP contribution in [-0.2, 0) is 6.42 Å². The van der Waals surface area contributed by atoms with Crippen LogP contribution in [0.5, 0.6) is 0 Å². The van der Waals surface area contributed by atoms with Crippen molar-refractivity contribution in [2.45, 2.75) is 39.2 Å². The van der Waals surface area contributed by atoms with Gasteiger partial charge in [0, 0.05) is 27.9 Å². The molecule has 0 amide bonds. The summed E-state index contributed by atoms with van der Waals surface area (Å²) in [5.74, 6) is 0.521. The topological polar surface area (TPSA) is 12.0 Å². The third kappa shape index (κ3) is 4.44. The van der Waals surface area contributed by atoms with E-state index in [0.717, 1.165) is 13.0 Å². The van der Waals surface area contributed by atoms with E-state index in [1.165, 1.54) is 20.5 Å². The molecular weight excluding hydrogens is 330 g/mol. The van der Waals surface area contributed by atoms with Gasteiger partial charge in [0.05, 0.1) is 0 Å². The molecule has 0 spiro atoms. The molecule has 0 aliphatic heterocycles. The summed E-state index contributed by atoms with van der Waals surface area (Å²) in [5, 5.41) is 5.74. The smallest absolute Gasteiger partial charge is 0.0314 e. The standard InChI is InChI=1S/C17H22BrNS/c1-12(2)19-11-15(10-17-16(18)7-8-20-17)14-6-4-5-13(3)9-14/h4-9,12,15,19H,10-11H2,1-3H3. The van der Waals surface area contributed by atoms with Crippen LogP contribution in [0.3, 0.4) is 0 Å². The van der Waals surface area contributed by atoms with Gasteiger partial charge in [0.2, 0.25) is 0 Å². The van der Waals surface area contributed by atoms with Gasteiger partial charge in [-0.1, -0.05) is 43.7 Å². The maximum absolute atomic E-state index is 3.65. The SMILES string of the molecule is Cc1cccc(C(CNC(C)C)Cc2sccc2Br)c1. The molecule has 20 heavy (non-hydrogen) atoms. The highest BCUT2D eigenvalue weighted by atomic mass is 79.9. The van der Waals surface area contributed by atoms with Crippen molar-refractivity contribution in [1.29, 1.82) is 0 Å². The van der Waals surface area contributed by atoms with Gasteiger partial charge >= 0.3 is 0 Å². The van der Waals surface area contributed by atoms with Crippen LogP contribution in [0.1, 0.15) is 35.8 Å². The summed E-state index contributed by atoms with van der Waals surface area (Å²) in [7, 11) is 0. The zero-order chi connectivity index (χ0) is 14.5. The van der Waals surface area contributed by atoms with E-state index in [0.29, 0.717) is 12.0 Å². The van der Waals surface area contributed by atoms with Crippen molar-refractivity contribution in [3.8, 4) is 0 Å². The molecule has 1 nitrogen and oxygen atoms in total. The molecule has 3 heteroatoms. The summed E-state index contributed by atoms with van der Waals surface area (Å²) < 4.78 is 1.24. The number of nitrogens with one attached hydrogen (secondary N) is 1. The molecule has 1 atom stereocenters. The number of thiophene rings is 1. The maximum atomic E-state index is 3.65. The van der Waals surface area contributed by atoms with Crippen LogP contribution in [0.2, 0.25) is 0 Å². The maximum Gasteiger partial charge on any atom is 0.0314 e. The summed E-state index contributed by atoms with van der Waals surface area (Å²) in [4.78, 5) is 1.43. The van der Waals surface area contributed by atoms with Crippen LogP contribution < -0.4 is 5.32 Å². The molecule has 0 fully saturated rings. The number of aryl methyl sites for hydroxylation is 1. The lowest BCUT2D eigenvalue weighted by Crippen LogP contribution is -2.28. The van der Waals surface area contributed by atoms with Crippen LogP contribution in [0.25, 0.3) is 0 Å². The number of rotatable bonds is 6. The minimum Gasteiger partial charge on any atom is -0.314 e. The van der Waals surface area contributed by atoms with E-state index >= 15 is 0 Å². The van der Waals surface area contributed by atoms with Crippen LogP contribution in [0.4, 0.5) is 0 Å². The lowest BCUT2D eigenvalue weighted by molar-refractivity contribution is 0.528. The lowest BCUT2D eigenvalue weighted by Gasteiger charge is -2.20. The highest BCUT2D eigenvalue weighted by molar-refractivity contribution is 9.10. The van der Waals surface area contributed by atoms with Gasteiger partial charge in [-0.05, 0) is 46.3 Å². The monoisotopic (exact) mass is 351 g/mol. The Labute approximate surface area is 134 Å². The van der Waals surface area contributed by atoms with Gasteiger partial charge in [-0.2, -0.15) is 0 Å². The number of hydrogen-bond acceptors (Lipinski definition) is 2.